The molecule has 0 aliphatic rings. The zero-order valence-electron chi connectivity index (χ0n) is 14.8. The summed E-state index contributed by atoms with van der Waals surface area (Å²) in [5.41, 5.74) is 5.51. The molecule has 0 radical (unpaired) electrons. The number of rotatable bonds is 4. The molecule has 0 N–H and O–H groups in total. The Hall–Kier alpha value is -2.27. The molecular weight excluding hydrogens is 335 g/mol. The first-order valence-corrected chi connectivity index (χ1v) is 8.80. The van der Waals surface area contributed by atoms with E-state index in [1.807, 2.05) is 24.4 Å². The minimum atomic E-state index is -0.278. The summed E-state index contributed by atoms with van der Waals surface area (Å²) in [6.07, 6.45) is 0. The van der Waals surface area contributed by atoms with Crippen LogP contribution in [-0.4, -0.2) is 21.3 Å². The summed E-state index contributed by atoms with van der Waals surface area (Å²) < 4.78 is 21.0. The summed E-state index contributed by atoms with van der Waals surface area (Å²) in [7, 11) is 0. The molecule has 0 aliphatic heterocycles. The van der Waals surface area contributed by atoms with Crippen LogP contribution in [0.1, 0.15) is 43.5 Å². The van der Waals surface area contributed by atoms with Crippen LogP contribution in [0.25, 0.3) is 16.8 Å². The molecule has 0 atom stereocenters. The first-order chi connectivity index (χ1) is 11.9. The smallest absolute Gasteiger partial charge is 0.193 e. The third-order valence-corrected chi connectivity index (χ3v) is 4.52. The molecule has 0 spiro atoms. The van der Waals surface area contributed by atoms with Gasteiger partial charge >= 0.3 is 0 Å². The molecule has 5 heteroatoms. The highest BCUT2D eigenvalue weighted by molar-refractivity contribution is 7.80. The molecule has 130 valence electrons. The summed E-state index contributed by atoms with van der Waals surface area (Å²) in [5.74, 6) is -0.0487. The van der Waals surface area contributed by atoms with Gasteiger partial charge in [-0.1, -0.05) is 13.8 Å². The van der Waals surface area contributed by atoms with E-state index in [9.17, 15) is 4.39 Å². The maximum absolute atomic E-state index is 13.4. The zero-order chi connectivity index (χ0) is 18.1. The number of fused-ring (bicyclic) bond motifs is 1. The Morgan fingerprint density at radius 1 is 1.20 bits per heavy atom. The van der Waals surface area contributed by atoms with Gasteiger partial charge in [0.2, 0.25) is 0 Å². The monoisotopic (exact) mass is 356 g/mol. The summed E-state index contributed by atoms with van der Waals surface area (Å²) in [5, 5.41) is 5.24. The molecule has 0 unspecified atom stereocenters. The normalized spacial score (nSPS) is 11.3. The maximum Gasteiger partial charge on any atom is 0.193 e. The van der Waals surface area contributed by atoms with E-state index in [0.717, 1.165) is 27.9 Å². The summed E-state index contributed by atoms with van der Waals surface area (Å²) in [4.78, 5) is 0. The molecular formula is C20H21FN2OS. The highest BCUT2D eigenvalue weighted by atomic mass is 32.1. The van der Waals surface area contributed by atoms with Crippen molar-refractivity contribution < 1.29 is 9.13 Å². The van der Waals surface area contributed by atoms with E-state index in [-0.39, 0.29) is 11.7 Å². The second kappa shape index (κ2) is 6.92. The molecule has 3 nitrogen and oxygen atoms in total. The minimum Gasteiger partial charge on any atom is -0.483 e. The molecule has 2 aromatic heterocycles. The summed E-state index contributed by atoms with van der Waals surface area (Å²) >= 11 is 5.56. The van der Waals surface area contributed by atoms with Crippen LogP contribution >= 0.6 is 12.2 Å². The van der Waals surface area contributed by atoms with Crippen LogP contribution in [0.5, 0.6) is 0 Å². The lowest BCUT2D eigenvalue weighted by Crippen LogP contribution is -2.14. The maximum atomic E-state index is 13.4. The van der Waals surface area contributed by atoms with Crippen molar-refractivity contribution in [1.82, 2.24) is 9.61 Å². The fourth-order valence-corrected chi connectivity index (χ4v) is 3.40. The average molecular weight is 356 g/mol. The van der Waals surface area contributed by atoms with Gasteiger partial charge in [0.05, 0.1) is 17.7 Å². The van der Waals surface area contributed by atoms with Gasteiger partial charge in [0.1, 0.15) is 11.5 Å². The van der Waals surface area contributed by atoms with Crippen molar-refractivity contribution >= 4 is 22.8 Å². The first-order valence-electron chi connectivity index (χ1n) is 8.39. The molecule has 0 saturated heterocycles. The van der Waals surface area contributed by atoms with Crippen molar-refractivity contribution in [2.24, 2.45) is 0 Å². The van der Waals surface area contributed by atoms with E-state index in [2.05, 4.69) is 19.9 Å². The van der Waals surface area contributed by atoms with Crippen molar-refractivity contribution in [2.45, 2.75) is 33.6 Å². The lowest BCUT2D eigenvalue weighted by atomic mass is 9.94. The number of aromatic nitrogens is 2. The Bertz CT molecular complexity index is 929. The molecule has 25 heavy (non-hydrogen) atoms. The molecule has 0 amide bonds. The number of benzene rings is 1. The Morgan fingerprint density at radius 2 is 1.88 bits per heavy atom. The van der Waals surface area contributed by atoms with Crippen LogP contribution in [-0.2, 0) is 4.74 Å². The molecule has 2 heterocycles. The largest absolute Gasteiger partial charge is 0.483 e. The van der Waals surface area contributed by atoms with Gasteiger partial charge in [-0.05, 0) is 73.9 Å². The second-order valence-electron chi connectivity index (χ2n) is 6.29. The van der Waals surface area contributed by atoms with E-state index >= 15 is 0 Å². The Labute approximate surface area is 152 Å². The highest BCUT2D eigenvalue weighted by Gasteiger charge is 2.23. The summed E-state index contributed by atoms with van der Waals surface area (Å²) in [6.45, 7) is 8.67. The van der Waals surface area contributed by atoms with Gasteiger partial charge in [-0.2, -0.15) is 5.10 Å². The molecule has 0 saturated carbocycles. The van der Waals surface area contributed by atoms with Gasteiger partial charge in [-0.25, -0.2) is 8.91 Å². The van der Waals surface area contributed by atoms with E-state index in [1.165, 1.54) is 12.1 Å². The minimum absolute atomic E-state index is 0.229. The average Bonchev–Trinajstić information content (AvgIpc) is 2.95. The van der Waals surface area contributed by atoms with Crippen molar-refractivity contribution in [3.05, 3.63) is 59.0 Å². The summed E-state index contributed by atoms with van der Waals surface area (Å²) in [6, 6.07) is 10.4. The van der Waals surface area contributed by atoms with Gasteiger partial charge < -0.3 is 4.74 Å². The van der Waals surface area contributed by atoms with E-state index < -0.39 is 0 Å². The number of ether oxygens (including phenoxy) is 1. The number of hydrogen-bond donors (Lipinski definition) is 0. The van der Waals surface area contributed by atoms with Crippen LogP contribution in [0.4, 0.5) is 4.39 Å². The van der Waals surface area contributed by atoms with Crippen LogP contribution in [0.15, 0.2) is 36.4 Å². The zero-order valence-corrected chi connectivity index (χ0v) is 15.7. The van der Waals surface area contributed by atoms with Gasteiger partial charge in [0, 0.05) is 11.3 Å². The first kappa shape index (κ1) is 17.5. The number of hydrogen-bond acceptors (Lipinski definition) is 3. The van der Waals surface area contributed by atoms with Crippen LogP contribution in [0, 0.1) is 12.7 Å². The molecule has 3 rings (SSSR count). The van der Waals surface area contributed by atoms with Crippen LogP contribution in [0.2, 0.25) is 0 Å². The van der Waals surface area contributed by atoms with Crippen LogP contribution < -0.4 is 0 Å². The second-order valence-corrected chi connectivity index (χ2v) is 6.66. The quantitative estimate of drug-likeness (QED) is 0.595. The van der Waals surface area contributed by atoms with Gasteiger partial charge in [0.25, 0.3) is 0 Å². The van der Waals surface area contributed by atoms with E-state index in [1.54, 1.807) is 12.1 Å². The lowest BCUT2D eigenvalue weighted by molar-refractivity contribution is 0.337. The Balaban J connectivity index is 2.40. The number of thiocarbonyl (C=S) groups is 1. The predicted octanol–water partition coefficient (Wildman–Crippen LogP) is 5.28. The highest BCUT2D eigenvalue weighted by Crippen LogP contribution is 2.33. The van der Waals surface area contributed by atoms with Crippen molar-refractivity contribution in [3.63, 3.8) is 0 Å². The molecule has 0 bridgehead atoms. The topological polar surface area (TPSA) is 26.5 Å². The number of aryl methyl sites for hydroxylation is 1. The third kappa shape index (κ3) is 3.16. The Morgan fingerprint density at radius 3 is 2.48 bits per heavy atom. The number of nitrogens with zero attached hydrogens (tertiary/aromatic N) is 2. The van der Waals surface area contributed by atoms with E-state index in [4.69, 9.17) is 22.1 Å². The molecule has 1 aromatic carbocycles. The SMILES string of the molecule is CCOC(=S)c1c(-c2ccc(F)cc2)nn2c(C)ccc2c1C(C)C. The Kier molecular flexibility index (Phi) is 4.86. The van der Waals surface area contributed by atoms with Crippen molar-refractivity contribution in [3.8, 4) is 11.3 Å². The predicted molar refractivity (Wildman–Crippen MR) is 103 cm³/mol. The van der Waals surface area contributed by atoms with Gasteiger partial charge in [-0.15, -0.1) is 0 Å². The van der Waals surface area contributed by atoms with Crippen LogP contribution in [0.3, 0.4) is 0 Å². The molecule has 0 fully saturated rings. The fourth-order valence-electron chi connectivity index (χ4n) is 3.08. The standard InChI is InChI=1S/C20H21FN2OS/c1-5-24-20(25)18-17(12(2)3)16-11-6-13(4)23(16)22-19(18)14-7-9-15(21)10-8-14/h6-12H,5H2,1-4H3. The third-order valence-electron chi connectivity index (χ3n) is 4.20. The van der Waals surface area contributed by atoms with Gasteiger partial charge in [-0.3, -0.25) is 0 Å². The van der Waals surface area contributed by atoms with Crippen molar-refractivity contribution in [1.29, 1.82) is 0 Å². The van der Waals surface area contributed by atoms with Gasteiger partial charge in [0.15, 0.2) is 5.05 Å². The number of halogens is 1. The fraction of sp³-hybridized carbons (Fsp3) is 0.300. The lowest BCUT2D eigenvalue weighted by Gasteiger charge is -2.19. The molecule has 0 aliphatic carbocycles. The molecule has 3 aromatic rings. The van der Waals surface area contributed by atoms with Crippen molar-refractivity contribution in [2.75, 3.05) is 6.61 Å². The van der Waals surface area contributed by atoms with E-state index in [0.29, 0.717) is 17.4 Å².